The number of para-hydroxylation sites is 2. The van der Waals surface area contributed by atoms with Crippen LogP contribution in [-0.2, 0) is 11.0 Å². The number of carbonyl (C=O) groups is 1. The van der Waals surface area contributed by atoms with Crippen LogP contribution < -0.4 is 15.4 Å². The van der Waals surface area contributed by atoms with Crippen molar-refractivity contribution in [1.82, 2.24) is 0 Å². The minimum Gasteiger partial charge on any atom is -0.497 e. The van der Waals surface area contributed by atoms with E-state index in [0.29, 0.717) is 23.4 Å². The van der Waals surface area contributed by atoms with Crippen LogP contribution in [0, 0.1) is 0 Å². The number of anilines is 2. The van der Waals surface area contributed by atoms with Crippen molar-refractivity contribution in [1.29, 1.82) is 0 Å². The number of carbonyl (C=O) groups excluding carboxylic acids is 1. The number of halogens is 3. The van der Waals surface area contributed by atoms with Crippen molar-refractivity contribution in [2.24, 2.45) is 0 Å². The number of methoxy groups -OCH3 is 1. The predicted octanol–water partition coefficient (Wildman–Crippen LogP) is 6.69. The molecule has 0 amide bonds. The first-order valence-electron chi connectivity index (χ1n) is 11.0. The fraction of sp³-hybridized carbons (Fsp3) is 0.222. The van der Waals surface area contributed by atoms with E-state index < -0.39 is 17.8 Å². The molecule has 2 N–H and O–H groups in total. The van der Waals surface area contributed by atoms with Crippen molar-refractivity contribution < 1.29 is 22.7 Å². The predicted molar refractivity (Wildman–Crippen MR) is 125 cm³/mol. The van der Waals surface area contributed by atoms with Crippen LogP contribution >= 0.6 is 0 Å². The molecule has 0 spiro atoms. The Bertz CT molecular complexity index is 1270. The smallest absolute Gasteiger partial charge is 0.416 e. The molecule has 34 heavy (non-hydrogen) atoms. The number of alkyl halides is 3. The highest BCUT2D eigenvalue weighted by Gasteiger charge is 2.40. The molecule has 0 saturated carbocycles. The molecule has 0 saturated heterocycles. The zero-order chi connectivity index (χ0) is 23.9. The third kappa shape index (κ3) is 4.02. The number of ketones is 1. The van der Waals surface area contributed by atoms with E-state index in [2.05, 4.69) is 10.6 Å². The highest BCUT2D eigenvalue weighted by molar-refractivity contribution is 6.01. The zero-order valence-corrected chi connectivity index (χ0v) is 18.4. The van der Waals surface area contributed by atoms with E-state index in [-0.39, 0.29) is 23.7 Å². The Labute approximate surface area is 195 Å². The number of allylic oxidation sites excluding steroid dienone is 1. The molecule has 0 fully saturated rings. The molecule has 0 unspecified atom stereocenters. The maximum Gasteiger partial charge on any atom is 0.416 e. The second kappa shape index (κ2) is 8.56. The maximum absolute atomic E-state index is 13.9. The lowest BCUT2D eigenvalue weighted by molar-refractivity contribution is -0.138. The standard InChI is InChI=1S/C27H23F3N2O2/c1-34-18-12-10-16(11-13-18)17-14-23-25(24(33)15-17)26(32-22-9-5-4-8-21(22)31-23)19-6-2-3-7-20(19)27(28,29)30/h2-13,17,26,31-32H,14-15H2,1H3/t17-,26-/m1/s1. The summed E-state index contributed by atoms with van der Waals surface area (Å²) in [6, 6.07) is 19.4. The largest absolute Gasteiger partial charge is 0.497 e. The molecule has 2 atom stereocenters. The summed E-state index contributed by atoms with van der Waals surface area (Å²) in [4.78, 5) is 13.5. The molecular weight excluding hydrogens is 441 g/mol. The Hall–Kier alpha value is -3.74. The number of rotatable bonds is 3. The van der Waals surface area contributed by atoms with Crippen molar-refractivity contribution in [3.63, 3.8) is 0 Å². The molecule has 7 heteroatoms. The van der Waals surface area contributed by atoms with Crippen LogP contribution in [0.3, 0.4) is 0 Å². The molecule has 2 aliphatic rings. The van der Waals surface area contributed by atoms with Gasteiger partial charge in [0.25, 0.3) is 0 Å². The van der Waals surface area contributed by atoms with Crippen LogP contribution in [0.5, 0.6) is 5.75 Å². The lowest BCUT2D eigenvalue weighted by atomic mass is 9.78. The van der Waals surface area contributed by atoms with E-state index in [1.807, 2.05) is 42.5 Å². The van der Waals surface area contributed by atoms with Gasteiger partial charge in [0.1, 0.15) is 5.75 Å². The molecule has 3 aromatic rings. The molecule has 0 aromatic heterocycles. The number of nitrogens with one attached hydrogen (secondary N) is 2. The quantitative estimate of drug-likeness (QED) is 0.453. The summed E-state index contributed by atoms with van der Waals surface area (Å²) < 4.78 is 47.0. The average Bonchev–Trinajstić information content (AvgIpc) is 3.00. The van der Waals surface area contributed by atoms with Gasteiger partial charge in [-0.1, -0.05) is 42.5 Å². The average molecular weight is 464 g/mol. The van der Waals surface area contributed by atoms with Crippen LogP contribution in [0.1, 0.15) is 41.5 Å². The van der Waals surface area contributed by atoms with Gasteiger partial charge in [-0.15, -0.1) is 0 Å². The van der Waals surface area contributed by atoms with Gasteiger partial charge in [0.05, 0.1) is 30.1 Å². The lowest BCUT2D eigenvalue weighted by Crippen LogP contribution is -2.28. The van der Waals surface area contributed by atoms with Crippen molar-refractivity contribution >= 4 is 17.2 Å². The van der Waals surface area contributed by atoms with Gasteiger partial charge in [-0.25, -0.2) is 0 Å². The Balaban J connectivity index is 1.62. The van der Waals surface area contributed by atoms with Gasteiger partial charge in [-0.05, 0) is 53.8 Å². The van der Waals surface area contributed by atoms with E-state index in [4.69, 9.17) is 4.74 Å². The van der Waals surface area contributed by atoms with Crippen LogP contribution in [0.4, 0.5) is 24.5 Å². The van der Waals surface area contributed by atoms with Gasteiger partial charge in [-0.3, -0.25) is 4.79 Å². The maximum atomic E-state index is 13.9. The lowest BCUT2D eigenvalue weighted by Gasteiger charge is -2.31. The van der Waals surface area contributed by atoms with Gasteiger partial charge >= 0.3 is 6.18 Å². The molecule has 4 nitrogen and oxygen atoms in total. The van der Waals surface area contributed by atoms with E-state index in [0.717, 1.165) is 23.1 Å². The van der Waals surface area contributed by atoms with Crippen LogP contribution in [0.2, 0.25) is 0 Å². The molecule has 5 rings (SSSR count). The summed E-state index contributed by atoms with van der Waals surface area (Å²) in [5.74, 6) is 0.464. The second-order valence-electron chi connectivity index (χ2n) is 8.53. The van der Waals surface area contributed by atoms with Crippen molar-refractivity contribution in [2.75, 3.05) is 17.7 Å². The first-order chi connectivity index (χ1) is 16.3. The molecule has 3 aromatic carbocycles. The summed E-state index contributed by atoms with van der Waals surface area (Å²) in [6.07, 6.45) is -3.81. The molecule has 1 aliphatic carbocycles. The number of benzene rings is 3. The highest BCUT2D eigenvalue weighted by atomic mass is 19.4. The summed E-state index contributed by atoms with van der Waals surface area (Å²) in [7, 11) is 1.59. The molecule has 0 radical (unpaired) electrons. The third-order valence-corrected chi connectivity index (χ3v) is 6.47. The Kier molecular flexibility index (Phi) is 5.55. The number of fused-ring (bicyclic) bond motifs is 1. The monoisotopic (exact) mass is 464 g/mol. The second-order valence-corrected chi connectivity index (χ2v) is 8.53. The first kappa shape index (κ1) is 22.1. The van der Waals surface area contributed by atoms with Gasteiger partial charge in [0.15, 0.2) is 5.78 Å². The van der Waals surface area contributed by atoms with Crippen molar-refractivity contribution in [3.8, 4) is 5.75 Å². The number of ether oxygens (including phenoxy) is 1. The fourth-order valence-corrected chi connectivity index (χ4v) is 4.84. The molecule has 174 valence electrons. The Morgan fingerprint density at radius 3 is 2.26 bits per heavy atom. The molecule has 0 bridgehead atoms. The van der Waals surface area contributed by atoms with E-state index in [1.165, 1.54) is 12.1 Å². The number of Topliss-reactive ketones (excluding diaryl/α,β-unsaturated/α-hetero) is 1. The fourth-order valence-electron chi connectivity index (χ4n) is 4.84. The normalized spacial score (nSPS) is 19.9. The zero-order valence-electron chi connectivity index (χ0n) is 18.4. The Morgan fingerprint density at radius 2 is 1.56 bits per heavy atom. The Morgan fingerprint density at radius 1 is 0.882 bits per heavy atom. The highest BCUT2D eigenvalue weighted by Crippen LogP contribution is 2.46. The summed E-state index contributed by atoms with van der Waals surface area (Å²) in [5, 5.41) is 6.59. The van der Waals surface area contributed by atoms with Crippen LogP contribution in [-0.4, -0.2) is 12.9 Å². The van der Waals surface area contributed by atoms with Gasteiger partial charge in [-0.2, -0.15) is 13.2 Å². The first-order valence-corrected chi connectivity index (χ1v) is 11.0. The van der Waals surface area contributed by atoms with Gasteiger partial charge < -0.3 is 15.4 Å². The van der Waals surface area contributed by atoms with Crippen LogP contribution in [0.25, 0.3) is 0 Å². The van der Waals surface area contributed by atoms with Crippen LogP contribution in [0.15, 0.2) is 84.1 Å². The molecule has 1 heterocycles. The minimum absolute atomic E-state index is 0.0391. The summed E-state index contributed by atoms with van der Waals surface area (Å²) in [5.41, 5.74) is 2.66. The van der Waals surface area contributed by atoms with Gasteiger partial charge in [0.2, 0.25) is 0 Å². The minimum atomic E-state index is -4.54. The van der Waals surface area contributed by atoms with Crippen molar-refractivity contribution in [3.05, 3.63) is 101 Å². The van der Waals surface area contributed by atoms with Gasteiger partial charge in [0, 0.05) is 17.7 Å². The summed E-state index contributed by atoms with van der Waals surface area (Å²) in [6.45, 7) is 0. The van der Waals surface area contributed by atoms with E-state index in [1.54, 1.807) is 19.2 Å². The molecule has 1 aliphatic heterocycles. The third-order valence-electron chi connectivity index (χ3n) is 6.47. The SMILES string of the molecule is COc1ccc([C@H]2CC(=O)C3=C(C2)Nc2ccccc2N[C@@H]3c2ccccc2C(F)(F)F)cc1. The van der Waals surface area contributed by atoms with E-state index >= 15 is 0 Å². The van der Waals surface area contributed by atoms with E-state index in [9.17, 15) is 18.0 Å². The number of hydrogen-bond donors (Lipinski definition) is 2. The molecular formula is C27H23F3N2O2. The topological polar surface area (TPSA) is 50.4 Å². The number of hydrogen-bond acceptors (Lipinski definition) is 4. The van der Waals surface area contributed by atoms with Crippen molar-refractivity contribution in [2.45, 2.75) is 31.0 Å². The summed E-state index contributed by atoms with van der Waals surface area (Å²) >= 11 is 0.